The molecular formula is C8H16N2O. The van der Waals surface area contributed by atoms with Crippen molar-refractivity contribution in [2.45, 2.75) is 0 Å². The highest BCUT2D eigenvalue weighted by molar-refractivity contribution is 5.01. The van der Waals surface area contributed by atoms with Gasteiger partial charge in [0, 0.05) is 13.1 Å². The van der Waals surface area contributed by atoms with E-state index >= 15 is 0 Å². The highest BCUT2D eigenvalue weighted by atomic mass is 16.5. The molecular weight excluding hydrogens is 140 g/mol. The average molecular weight is 156 g/mol. The summed E-state index contributed by atoms with van der Waals surface area (Å²) < 4.78 is 5.29. The van der Waals surface area contributed by atoms with Crippen LogP contribution in [-0.4, -0.2) is 32.8 Å². The summed E-state index contributed by atoms with van der Waals surface area (Å²) in [5.41, 5.74) is 5.36. The monoisotopic (exact) mass is 156 g/mol. The van der Waals surface area contributed by atoms with Crippen molar-refractivity contribution in [3.05, 3.63) is 0 Å². The molecule has 0 aromatic rings. The molecule has 2 fully saturated rings. The van der Waals surface area contributed by atoms with Gasteiger partial charge in [-0.3, -0.25) is 0 Å². The van der Waals surface area contributed by atoms with E-state index in [4.69, 9.17) is 10.5 Å². The van der Waals surface area contributed by atoms with E-state index in [1.807, 2.05) is 0 Å². The van der Waals surface area contributed by atoms with Gasteiger partial charge in [0.15, 0.2) is 0 Å². The number of fused-ring (bicyclic) bond motifs is 1. The summed E-state index contributed by atoms with van der Waals surface area (Å²) in [6, 6.07) is 0. The minimum Gasteiger partial charge on any atom is -0.381 e. The zero-order valence-electron chi connectivity index (χ0n) is 6.75. The molecule has 2 unspecified atom stereocenters. The minimum atomic E-state index is 0.749. The zero-order chi connectivity index (χ0) is 7.68. The van der Waals surface area contributed by atoms with Gasteiger partial charge < -0.3 is 15.8 Å². The Bertz CT molecular complexity index is 130. The van der Waals surface area contributed by atoms with Gasteiger partial charge in [0.2, 0.25) is 0 Å². The molecule has 3 heteroatoms. The van der Waals surface area contributed by atoms with Crippen LogP contribution < -0.4 is 11.1 Å². The van der Waals surface area contributed by atoms with Crippen LogP contribution >= 0.6 is 0 Å². The van der Waals surface area contributed by atoms with Crippen molar-refractivity contribution in [1.29, 1.82) is 0 Å². The number of rotatable bonds is 4. The summed E-state index contributed by atoms with van der Waals surface area (Å²) in [5, 5.41) is 3.35. The lowest BCUT2D eigenvalue weighted by Crippen LogP contribution is -2.25. The van der Waals surface area contributed by atoms with E-state index in [0.717, 1.165) is 50.6 Å². The molecule has 0 amide bonds. The van der Waals surface area contributed by atoms with Gasteiger partial charge in [-0.05, 0) is 24.3 Å². The standard InChI is InChI=1S/C8H16N2O/c9-1-2-10-3-6-7-4-11-5-8(6)7/h6-8,10H,1-5,9H2. The first-order chi connectivity index (χ1) is 5.43. The van der Waals surface area contributed by atoms with Crippen LogP contribution in [0.5, 0.6) is 0 Å². The average Bonchev–Trinajstić information content (AvgIpc) is 2.46. The third kappa shape index (κ3) is 1.41. The molecule has 64 valence electrons. The number of hydrogen-bond donors (Lipinski definition) is 2. The molecule has 0 aromatic heterocycles. The Labute approximate surface area is 67.3 Å². The largest absolute Gasteiger partial charge is 0.381 e. The van der Waals surface area contributed by atoms with Crippen LogP contribution in [0.15, 0.2) is 0 Å². The Morgan fingerprint density at radius 2 is 2.09 bits per heavy atom. The minimum absolute atomic E-state index is 0.749. The van der Waals surface area contributed by atoms with Crippen LogP contribution in [0.2, 0.25) is 0 Å². The number of nitrogens with two attached hydrogens (primary N) is 1. The van der Waals surface area contributed by atoms with Gasteiger partial charge in [-0.15, -0.1) is 0 Å². The molecule has 0 spiro atoms. The normalized spacial score (nSPS) is 40.6. The van der Waals surface area contributed by atoms with Gasteiger partial charge in [0.25, 0.3) is 0 Å². The summed E-state index contributed by atoms with van der Waals surface area (Å²) in [4.78, 5) is 0. The Hall–Kier alpha value is -0.120. The SMILES string of the molecule is NCCNCC1C2COCC12. The quantitative estimate of drug-likeness (QED) is 0.536. The third-order valence-corrected chi connectivity index (χ3v) is 2.83. The maximum Gasteiger partial charge on any atom is 0.0501 e. The van der Waals surface area contributed by atoms with E-state index in [9.17, 15) is 0 Å². The smallest absolute Gasteiger partial charge is 0.0501 e. The van der Waals surface area contributed by atoms with Crippen molar-refractivity contribution in [3.63, 3.8) is 0 Å². The van der Waals surface area contributed by atoms with Crippen LogP contribution in [0.4, 0.5) is 0 Å². The highest BCUT2D eigenvalue weighted by Gasteiger charge is 2.53. The van der Waals surface area contributed by atoms with E-state index < -0.39 is 0 Å². The lowest BCUT2D eigenvalue weighted by molar-refractivity contribution is 0.151. The second-order valence-electron chi connectivity index (χ2n) is 3.52. The lowest BCUT2D eigenvalue weighted by Gasteiger charge is -2.04. The third-order valence-electron chi connectivity index (χ3n) is 2.83. The summed E-state index contributed by atoms with van der Waals surface area (Å²) in [7, 11) is 0. The summed E-state index contributed by atoms with van der Waals surface area (Å²) in [5.74, 6) is 2.65. The molecule has 0 radical (unpaired) electrons. The molecule has 11 heavy (non-hydrogen) atoms. The van der Waals surface area contributed by atoms with Gasteiger partial charge in [0.1, 0.15) is 0 Å². The molecule has 2 aliphatic rings. The fraction of sp³-hybridized carbons (Fsp3) is 1.00. The fourth-order valence-electron chi connectivity index (χ4n) is 2.03. The van der Waals surface area contributed by atoms with Gasteiger partial charge in [-0.25, -0.2) is 0 Å². The Morgan fingerprint density at radius 3 is 2.73 bits per heavy atom. The van der Waals surface area contributed by atoms with Gasteiger partial charge in [-0.1, -0.05) is 0 Å². The van der Waals surface area contributed by atoms with Crippen molar-refractivity contribution in [1.82, 2.24) is 5.32 Å². The number of ether oxygens (including phenoxy) is 1. The molecule has 1 saturated heterocycles. The van der Waals surface area contributed by atoms with E-state index in [1.54, 1.807) is 0 Å². The van der Waals surface area contributed by atoms with Crippen molar-refractivity contribution in [2.75, 3.05) is 32.8 Å². The second kappa shape index (κ2) is 3.09. The summed E-state index contributed by atoms with van der Waals surface area (Å²) >= 11 is 0. The summed E-state index contributed by atoms with van der Waals surface area (Å²) in [6.07, 6.45) is 0. The second-order valence-corrected chi connectivity index (χ2v) is 3.52. The molecule has 3 nitrogen and oxygen atoms in total. The molecule has 3 N–H and O–H groups in total. The summed E-state index contributed by atoms with van der Waals surface area (Å²) in [6.45, 7) is 4.85. The molecule has 0 bridgehead atoms. The molecule has 1 saturated carbocycles. The van der Waals surface area contributed by atoms with Crippen LogP contribution in [-0.2, 0) is 4.74 Å². The van der Waals surface area contributed by atoms with E-state index in [1.165, 1.54) is 0 Å². The van der Waals surface area contributed by atoms with Crippen LogP contribution in [0.1, 0.15) is 0 Å². The van der Waals surface area contributed by atoms with Crippen molar-refractivity contribution in [3.8, 4) is 0 Å². The van der Waals surface area contributed by atoms with Crippen LogP contribution in [0.3, 0.4) is 0 Å². The Morgan fingerprint density at radius 1 is 1.36 bits per heavy atom. The topological polar surface area (TPSA) is 47.3 Å². The van der Waals surface area contributed by atoms with Crippen LogP contribution in [0.25, 0.3) is 0 Å². The highest BCUT2D eigenvalue weighted by Crippen LogP contribution is 2.50. The molecule has 1 aliphatic heterocycles. The van der Waals surface area contributed by atoms with Crippen molar-refractivity contribution < 1.29 is 4.74 Å². The van der Waals surface area contributed by atoms with Gasteiger partial charge >= 0.3 is 0 Å². The van der Waals surface area contributed by atoms with Crippen molar-refractivity contribution in [2.24, 2.45) is 23.5 Å². The Kier molecular flexibility index (Phi) is 2.11. The van der Waals surface area contributed by atoms with Crippen LogP contribution in [0, 0.1) is 17.8 Å². The van der Waals surface area contributed by atoms with Gasteiger partial charge in [-0.2, -0.15) is 0 Å². The maximum atomic E-state index is 5.36. The van der Waals surface area contributed by atoms with Crippen molar-refractivity contribution >= 4 is 0 Å². The molecule has 1 aliphatic carbocycles. The predicted molar refractivity (Wildman–Crippen MR) is 43.2 cm³/mol. The molecule has 0 aromatic carbocycles. The fourth-order valence-corrected chi connectivity index (χ4v) is 2.03. The van der Waals surface area contributed by atoms with Gasteiger partial charge in [0.05, 0.1) is 13.2 Å². The van der Waals surface area contributed by atoms with E-state index in [0.29, 0.717) is 0 Å². The van der Waals surface area contributed by atoms with E-state index in [2.05, 4.69) is 5.32 Å². The Balaban J connectivity index is 1.60. The zero-order valence-corrected chi connectivity index (χ0v) is 6.75. The lowest BCUT2D eigenvalue weighted by atomic mass is 10.3. The predicted octanol–water partition coefficient (Wildman–Crippen LogP) is -0.573. The van der Waals surface area contributed by atoms with E-state index in [-0.39, 0.29) is 0 Å². The molecule has 1 heterocycles. The first-order valence-electron chi connectivity index (χ1n) is 4.42. The maximum absolute atomic E-state index is 5.36. The number of nitrogens with one attached hydrogen (secondary N) is 1. The molecule has 2 atom stereocenters. The molecule has 2 rings (SSSR count). The first kappa shape index (κ1) is 7.53. The number of hydrogen-bond acceptors (Lipinski definition) is 3. The first-order valence-corrected chi connectivity index (χ1v) is 4.42.